The molecule has 0 aliphatic carbocycles. The maximum Gasteiger partial charge on any atom is 0.238 e. The number of aliphatic hydroxyl groups excluding tert-OH is 1. The standard InChI is InChI=1S/C14H25N3O3S/c1-10-13(21-9-16-10)5-6-20-8-12(18)7-15-11(2)14(19)17(3)4/h9,11-12,15,18H,5-8H2,1-4H3. The molecule has 0 saturated carbocycles. The molecule has 0 saturated heterocycles. The number of nitrogens with zero attached hydrogens (tertiary/aromatic N) is 2. The second-order valence-corrected chi connectivity index (χ2v) is 6.14. The van der Waals surface area contributed by atoms with Gasteiger partial charge in [-0.2, -0.15) is 0 Å². The van der Waals surface area contributed by atoms with Crippen LogP contribution in [-0.2, 0) is 16.0 Å². The first-order chi connectivity index (χ1) is 9.91. The van der Waals surface area contributed by atoms with E-state index in [0.29, 0.717) is 13.2 Å². The molecule has 0 fully saturated rings. The number of rotatable bonds is 9. The Kier molecular flexibility index (Phi) is 7.81. The highest BCUT2D eigenvalue weighted by atomic mass is 32.1. The molecule has 21 heavy (non-hydrogen) atoms. The van der Waals surface area contributed by atoms with E-state index in [2.05, 4.69) is 10.3 Å². The number of hydrogen-bond donors (Lipinski definition) is 2. The van der Waals surface area contributed by atoms with Crippen LogP contribution in [0.1, 0.15) is 17.5 Å². The van der Waals surface area contributed by atoms with E-state index < -0.39 is 6.10 Å². The molecule has 0 aliphatic heterocycles. The molecular weight excluding hydrogens is 290 g/mol. The molecule has 1 heterocycles. The fraction of sp³-hybridized carbons (Fsp3) is 0.714. The van der Waals surface area contributed by atoms with Crippen molar-refractivity contribution < 1.29 is 14.6 Å². The Bertz CT molecular complexity index is 437. The molecule has 2 N–H and O–H groups in total. The third-order valence-electron chi connectivity index (χ3n) is 3.10. The van der Waals surface area contributed by atoms with Gasteiger partial charge in [0.2, 0.25) is 5.91 Å². The van der Waals surface area contributed by atoms with Crippen molar-refractivity contribution in [3.05, 3.63) is 16.1 Å². The molecule has 7 heteroatoms. The summed E-state index contributed by atoms with van der Waals surface area (Å²) in [6, 6.07) is -0.311. The summed E-state index contributed by atoms with van der Waals surface area (Å²) >= 11 is 1.62. The molecule has 2 unspecified atom stereocenters. The second kappa shape index (κ2) is 9.09. The summed E-state index contributed by atoms with van der Waals surface area (Å²) in [6.45, 7) is 4.91. The van der Waals surface area contributed by atoms with Crippen LogP contribution in [0.4, 0.5) is 0 Å². The number of thiazole rings is 1. The fourth-order valence-electron chi connectivity index (χ4n) is 1.80. The van der Waals surface area contributed by atoms with Crippen LogP contribution in [0.2, 0.25) is 0 Å². The van der Waals surface area contributed by atoms with E-state index in [1.54, 1.807) is 32.4 Å². The van der Waals surface area contributed by atoms with Crippen molar-refractivity contribution in [2.45, 2.75) is 32.4 Å². The van der Waals surface area contributed by atoms with Gasteiger partial charge in [0, 0.05) is 31.9 Å². The predicted octanol–water partition coefficient (Wildman–Crippen LogP) is 0.438. The van der Waals surface area contributed by atoms with Gasteiger partial charge in [-0.15, -0.1) is 11.3 Å². The van der Waals surface area contributed by atoms with Crippen molar-refractivity contribution in [3.8, 4) is 0 Å². The van der Waals surface area contributed by atoms with Crippen LogP contribution in [-0.4, -0.2) is 66.9 Å². The van der Waals surface area contributed by atoms with Gasteiger partial charge in [-0.05, 0) is 13.8 Å². The van der Waals surface area contributed by atoms with Crippen molar-refractivity contribution in [1.82, 2.24) is 15.2 Å². The van der Waals surface area contributed by atoms with Gasteiger partial charge >= 0.3 is 0 Å². The SMILES string of the molecule is Cc1ncsc1CCOCC(O)CNC(C)C(=O)N(C)C. The lowest BCUT2D eigenvalue weighted by Crippen LogP contribution is -2.45. The Morgan fingerprint density at radius 2 is 2.29 bits per heavy atom. The normalized spacial score (nSPS) is 14.0. The zero-order chi connectivity index (χ0) is 15.8. The van der Waals surface area contributed by atoms with Crippen molar-refractivity contribution in [1.29, 1.82) is 0 Å². The molecule has 1 aromatic heterocycles. The number of carbonyl (C=O) groups excluding carboxylic acids is 1. The average molecular weight is 315 g/mol. The van der Waals surface area contributed by atoms with Gasteiger partial charge in [0.15, 0.2) is 0 Å². The minimum atomic E-state index is -0.620. The number of amides is 1. The highest BCUT2D eigenvalue weighted by Gasteiger charge is 2.15. The van der Waals surface area contributed by atoms with Crippen LogP contribution >= 0.6 is 11.3 Å². The molecule has 1 rings (SSSR count). The Morgan fingerprint density at radius 3 is 2.86 bits per heavy atom. The van der Waals surface area contributed by atoms with Crippen molar-refractivity contribution in [3.63, 3.8) is 0 Å². The Morgan fingerprint density at radius 1 is 1.57 bits per heavy atom. The minimum Gasteiger partial charge on any atom is -0.389 e. The smallest absolute Gasteiger partial charge is 0.238 e. The average Bonchev–Trinajstić information content (AvgIpc) is 2.85. The molecule has 1 amide bonds. The van der Waals surface area contributed by atoms with Crippen LogP contribution in [0.15, 0.2) is 5.51 Å². The first kappa shape index (κ1) is 18.0. The van der Waals surface area contributed by atoms with Gasteiger partial charge in [0.1, 0.15) is 0 Å². The summed E-state index contributed by atoms with van der Waals surface area (Å²) in [7, 11) is 3.42. The molecule has 0 aromatic carbocycles. The van der Waals surface area contributed by atoms with Crippen LogP contribution in [0.5, 0.6) is 0 Å². The molecule has 120 valence electrons. The quantitative estimate of drug-likeness (QED) is 0.647. The topological polar surface area (TPSA) is 74.7 Å². The van der Waals surface area contributed by atoms with E-state index >= 15 is 0 Å². The van der Waals surface area contributed by atoms with Gasteiger partial charge in [0.25, 0.3) is 0 Å². The maximum atomic E-state index is 11.6. The highest BCUT2D eigenvalue weighted by Crippen LogP contribution is 2.12. The van der Waals surface area contributed by atoms with Gasteiger partial charge in [-0.1, -0.05) is 0 Å². The number of carbonyl (C=O) groups is 1. The largest absolute Gasteiger partial charge is 0.389 e. The first-order valence-electron chi connectivity index (χ1n) is 7.01. The summed E-state index contributed by atoms with van der Waals surface area (Å²) in [4.78, 5) is 18.5. The van der Waals surface area contributed by atoms with E-state index in [4.69, 9.17) is 4.74 Å². The predicted molar refractivity (Wildman–Crippen MR) is 83.5 cm³/mol. The van der Waals surface area contributed by atoms with E-state index in [1.807, 2.05) is 12.4 Å². The van der Waals surface area contributed by atoms with Crippen molar-refractivity contribution in [2.24, 2.45) is 0 Å². The summed E-state index contributed by atoms with van der Waals surface area (Å²) < 4.78 is 5.46. The number of aromatic nitrogens is 1. The van der Waals surface area contributed by atoms with Crippen LogP contribution in [0, 0.1) is 6.92 Å². The summed E-state index contributed by atoms with van der Waals surface area (Å²) in [5, 5.41) is 12.8. The lowest BCUT2D eigenvalue weighted by Gasteiger charge is -2.19. The lowest BCUT2D eigenvalue weighted by atomic mass is 10.2. The third-order valence-corrected chi connectivity index (χ3v) is 4.09. The Balaban J connectivity index is 2.12. The number of hydrogen-bond acceptors (Lipinski definition) is 6. The third kappa shape index (κ3) is 6.52. The zero-order valence-electron chi connectivity index (χ0n) is 13.1. The van der Waals surface area contributed by atoms with Gasteiger partial charge in [-0.25, -0.2) is 4.98 Å². The lowest BCUT2D eigenvalue weighted by molar-refractivity contribution is -0.130. The highest BCUT2D eigenvalue weighted by molar-refractivity contribution is 7.09. The van der Waals surface area contributed by atoms with Gasteiger partial charge < -0.3 is 20.1 Å². The Hall–Kier alpha value is -1.02. The monoisotopic (exact) mass is 315 g/mol. The number of aryl methyl sites for hydroxylation is 1. The molecule has 2 atom stereocenters. The fourth-order valence-corrected chi connectivity index (χ4v) is 2.56. The molecule has 0 spiro atoms. The number of aliphatic hydroxyl groups is 1. The number of likely N-dealkylation sites (N-methyl/N-ethyl adjacent to an activating group) is 1. The molecular formula is C14H25N3O3S. The number of ether oxygens (including phenoxy) is 1. The number of nitrogens with one attached hydrogen (secondary N) is 1. The second-order valence-electron chi connectivity index (χ2n) is 5.20. The van der Waals surface area contributed by atoms with E-state index in [-0.39, 0.29) is 18.6 Å². The summed E-state index contributed by atoms with van der Waals surface area (Å²) in [5.74, 6) is -0.0104. The molecule has 6 nitrogen and oxygen atoms in total. The van der Waals surface area contributed by atoms with Crippen LogP contribution < -0.4 is 5.32 Å². The summed E-state index contributed by atoms with van der Waals surface area (Å²) in [6.07, 6.45) is 0.191. The molecule has 0 bridgehead atoms. The zero-order valence-corrected chi connectivity index (χ0v) is 13.9. The molecule has 0 aliphatic rings. The Labute approximate surface area is 130 Å². The van der Waals surface area contributed by atoms with E-state index in [1.165, 1.54) is 9.78 Å². The van der Waals surface area contributed by atoms with E-state index in [9.17, 15) is 9.90 Å². The van der Waals surface area contributed by atoms with Crippen molar-refractivity contribution >= 4 is 17.2 Å². The van der Waals surface area contributed by atoms with Crippen LogP contribution in [0.25, 0.3) is 0 Å². The first-order valence-corrected chi connectivity index (χ1v) is 7.89. The van der Waals surface area contributed by atoms with Gasteiger partial charge in [-0.3, -0.25) is 4.79 Å². The van der Waals surface area contributed by atoms with Crippen LogP contribution in [0.3, 0.4) is 0 Å². The summed E-state index contributed by atoms with van der Waals surface area (Å²) in [5.41, 5.74) is 2.87. The maximum absolute atomic E-state index is 11.6. The minimum absolute atomic E-state index is 0.0104. The molecule has 0 radical (unpaired) electrons. The molecule has 1 aromatic rings. The van der Waals surface area contributed by atoms with E-state index in [0.717, 1.165) is 12.1 Å². The van der Waals surface area contributed by atoms with Gasteiger partial charge in [0.05, 0.1) is 36.6 Å². The van der Waals surface area contributed by atoms with Crippen molar-refractivity contribution in [2.75, 3.05) is 33.9 Å².